The van der Waals surface area contributed by atoms with Crippen LogP contribution in [0.1, 0.15) is 32.6 Å². The van der Waals surface area contributed by atoms with Gasteiger partial charge in [0.1, 0.15) is 0 Å². The minimum absolute atomic E-state index is 0.00764. The Labute approximate surface area is 126 Å². The molecule has 21 heavy (non-hydrogen) atoms. The van der Waals surface area contributed by atoms with Crippen LogP contribution in [0, 0.1) is 11.8 Å². The number of nitrogens with one attached hydrogen (secondary N) is 2. The molecule has 114 valence electrons. The highest BCUT2D eigenvalue weighted by molar-refractivity contribution is 5.94. The number of carbonyl (C=O) groups excluding carboxylic acids is 1. The van der Waals surface area contributed by atoms with Crippen molar-refractivity contribution in [3.63, 3.8) is 0 Å². The van der Waals surface area contributed by atoms with Crippen molar-refractivity contribution in [3.05, 3.63) is 24.3 Å². The lowest BCUT2D eigenvalue weighted by atomic mass is 9.82. The Bertz CT molecular complexity index is 503. The Morgan fingerprint density at radius 2 is 2.29 bits per heavy atom. The van der Waals surface area contributed by atoms with Crippen molar-refractivity contribution < 1.29 is 4.79 Å². The van der Waals surface area contributed by atoms with E-state index < -0.39 is 0 Å². The monoisotopic (exact) mass is 287 g/mol. The zero-order valence-electron chi connectivity index (χ0n) is 12.8. The topological polar surface area (TPSA) is 44.4 Å². The van der Waals surface area contributed by atoms with Crippen LogP contribution in [0.15, 0.2) is 24.3 Å². The fraction of sp³-hybridized carbons (Fsp3) is 0.588. The Morgan fingerprint density at radius 3 is 3.05 bits per heavy atom. The van der Waals surface area contributed by atoms with E-state index >= 15 is 0 Å². The number of hydrogen-bond acceptors (Lipinski definition) is 2. The van der Waals surface area contributed by atoms with Gasteiger partial charge in [-0.3, -0.25) is 4.90 Å². The third-order valence-corrected chi connectivity index (χ3v) is 4.65. The first-order valence-corrected chi connectivity index (χ1v) is 8.11. The fourth-order valence-electron chi connectivity index (χ4n) is 3.51. The molecule has 1 aromatic carbocycles. The van der Waals surface area contributed by atoms with Gasteiger partial charge in [-0.25, -0.2) is 4.79 Å². The summed E-state index contributed by atoms with van der Waals surface area (Å²) in [5, 5.41) is 6.40. The second-order valence-corrected chi connectivity index (χ2v) is 6.45. The van der Waals surface area contributed by atoms with Gasteiger partial charge in [0.2, 0.25) is 0 Å². The third-order valence-electron chi connectivity index (χ3n) is 4.65. The van der Waals surface area contributed by atoms with Crippen LogP contribution >= 0.6 is 0 Å². The van der Waals surface area contributed by atoms with E-state index in [1.807, 2.05) is 12.1 Å². The summed E-state index contributed by atoms with van der Waals surface area (Å²) < 4.78 is 0. The highest BCUT2D eigenvalue weighted by Gasteiger charge is 2.21. The highest BCUT2D eigenvalue weighted by Crippen LogP contribution is 2.29. The van der Waals surface area contributed by atoms with Crippen LogP contribution in [0.4, 0.5) is 16.2 Å². The molecule has 0 spiro atoms. The standard InChI is InChI=1S/C17H25N3O/c1-13-4-2-5-14(10-13)12-19-15-6-3-7-16(11-15)20-9-8-18-17(20)21/h3,6-7,11,13-14,19H,2,4-5,8-10,12H2,1H3,(H,18,21). The summed E-state index contributed by atoms with van der Waals surface area (Å²) in [7, 11) is 0. The lowest BCUT2D eigenvalue weighted by Gasteiger charge is -2.27. The van der Waals surface area contributed by atoms with Crippen molar-refractivity contribution in [1.82, 2.24) is 5.32 Å². The van der Waals surface area contributed by atoms with Crippen molar-refractivity contribution in [1.29, 1.82) is 0 Å². The van der Waals surface area contributed by atoms with E-state index in [1.165, 1.54) is 25.7 Å². The normalized spacial score (nSPS) is 25.8. The SMILES string of the molecule is CC1CCCC(CNc2cccc(N3CCNC3=O)c2)C1. The van der Waals surface area contributed by atoms with Gasteiger partial charge in [-0.15, -0.1) is 0 Å². The van der Waals surface area contributed by atoms with Crippen LogP contribution in [0.25, 0.3) is 0 Å². The van der Waals surface area contributed by atoms with Crippen LogP contribution < -0.4 is 15.5 Å². The number of amides is 2. The van der Waals surface area contributed by atoms with Gasteiger partial charge < -0.3 is 10.6 Å². The summed E-state index contributed by atoms with van der Waals surface area (Å²) in [6.07, 6.45) is 5.42. The van der Waals surface area contributed by atoms with E-state index in [4.69, 9.17) is 0 Å². The molecule has 2 aliphatic rings. The number of anilines is 2. The van der Waals surface area contributed by atoms with Crippen LogP contribution in [0.2, 0.25) is 0 Å². The van der Waals surface area contributed by atoms with E-state index in [0.717, 1.165) is 42.8 Å². The number of nitrogens with zero attached hydrogens (tertiary/aromatic N) is 1. The summed E-state index contributed by atoms with van der Waals surface area (Å²) in [5.41, 5.74) is 2.09. The molecule has 4 nitrogen and oxygen atoms in total. The average molecular weight is 287 g/mol. The van der Waals surface area contributed by atoms with E-state index in [2.05, 4.69) is 29.7 Å². The minimum atomic E-state index is 0.00764. The smallest absolute Gasteiger partial charge is 0.321 e. The van der Waals surface area contributed by atoms with Crippen molar-refractivity contribution in [2.45, 2.75) is 32.6 Å². The number of carbonyl (C=O) groups is 1. The molecule has 0 bridgehead atoms. The minimum Gasteiger partial charge on any atom is -0.385 e. The summed E-state index contributed by atoms with van der Waals surface area (Å²) in [4.78, 5) is 13.5. The second kappa shape index (κ2) is 6.37. The quantitative estimate of drug-likeness (QED) is 0.891. The van der Waals surface area contributed by atoms with Crippen LogP contribution in [0.3, 0.4) is 0 Å². The first-order chi connectivity index (χ1) is 10.2. The molecule has 2 unspecified atom stereocenters. The number of hydrogen-bond donors (Lipinski definition) is 2. The van der Waals surface area contributed by atoms with Gasteiger partial charge in [-0.2, -0.15) is 0 Å². The van der Waals surface area contributed by atoms with Gasteiger partial charge >= 0.3 is 6.03 Å². The highest BCUT2D eigenvalue weighted by atomic mass is 16.2. The summed E-state index contributed by atoms with van der Waals surface area (Å²) in [6.45, 7) is 4.89. The first kappa shape index (κ1) is 14.2. The molecule has 2 fully saturated rings. The van der Waals surface area contributed by atoms with Crippen LogP contribution in [-0.2, 0) is 0 Å². The fourth-order valence-corrected chi connectivity index (χ4v) is 3.51. The van der Waals surface area contributed by atoms with E-state index in [1.54, 1.807) is 4.90 Å². The van der Waals surface area contributed by atoms with Gasteiger partial charge in [0.25, 0.3) is 0 Å². The Morgan fingerprint density at radius 1 is 1.38 bits per heavy atom. The predicted molar refractivity (Wildman–Crippen MR) is 86.8 cm³/mol. The van der Waals surface area contributed by atoms with Gasteiger partial charge in [-0.1, -0.05) is 25.8 Å². The first-order valence-electron chi connectivity index (χ1n) is 8.11. The molecule has 2 amide bonds. The maximum Gasteiger partial charge on any atom is 0.321 e. The van der Waals surface area contributed by atoms with Crippen molar-refractivity contribution >= 4 is 17.4 Å². The maximum atomic E-state index is 11.7. The van der Waals surface area contributed by atoms with Crippen molar-refractivity contribution in [2.24, 2.45) is 11.8 Å². The van der Waals surface area contributed by atoms with E-state index in [-0.39, 0.29) is 6.03 Å². The molecule has 1 aromatic rings. The molecule has 1 aliphatic carbocycles. The Balaban J connectivity index is 1.59. The summed E-state index contributed by atoms with van der Waals surface area (Å²) in [5.74, 6) is 1.65. The lowest BCUT2D eigenvalue weighted by Crippen LogP contribution is -2.27. The molecule has 1 heterocycles. The van der Waals surface area contributed by atoms with Gasteiger partial charge in [0, 0.05) is 31.0 Å². The molecule has 4 heteroatoms. The van der Waals surface area contributed by atoms with Crippen molar-refractivity contribution in [3.8, 4) is 0 Å². The average Bonchev–Trinajstić information content (AvgIpc) is 2.92. The van der Waals surface area contributed by atoms with Gasteiger partial charge in [0.15, 0.2) is 0 Å². The van der Waals surface area contributed by atoms with E-state index in [9.17, 15) is 4.79 Å². The number of rotatable bonds is 4. The molecule has 2 atom stereocenters. The molecule has 3 rings (SSSR count). The van der Waals surface area contributed by atoms with Crippen molar-refractivity contribution in [2.75, 3.05) is 29.9 Å². The predicted octanol–water partition coefficient (Wildman–Crippen LogP) is 3.45. The molecular formula is C17H25N3O. The van der Waals surface area contributed by atoms with Crippen LogP contribution in [0.5, 0.6) is 0 Å². The zero-order chi connectivity index (χ0) is 14.7. The van der Waals surface area contributed by atoms with Crippen LogP contribution in [-0.4, -0.2) is 25.7 Å². The largest absolute Gasteiger partial charge is 0.385 e. The number of urea groups is 1. The summed E-state index contributed by atoms with van der Waals surface area (Å²) in [6, 6.07) is 8.19. The maximum absolute atomic E-state index is 11.7. The molecular weight excluding hydrogens is 262 g/mol. The molecule has 1 saturated heterocycles. The molecule has 2 N–H and O–H groups in total. The molecule has 1 aliphatic heterocycles. The Kier molecular flexibility index (Phi) is 4.32. The van der Waals surface area contributed by atoms with Gasteiger partial charge in [-0.05, 0) is 42.9 Å². The molecule has 1 saturated carbocycles. The summed E-state index contributed by atoms with van der Waals surface area (Å²) >= 11 is 0. The third kappa shape index (κ3) is 3.49. The molecule has 0 radical (unpaired) electrons. The zero-order valence-corrected chi connectivity index (χ0v) is 12.8. The molecule has 0 aromatic heterocycles. The lowest BCUT2D eigenvalue weighted by molar-refractivity contribution is 0.252. The number of benzene rings is 1. The van der Waals surface area contributed by atoms with Gasteiger partial charge in [0.05, 0.1) is 0 Å². The second-order valence-electron chi connectivity index (χ2n) is 6.45. The van der Waals surface area contributed by atoms with E-state index in [0.29, 0.717) is 0 Å². The Hall–Kier alpha value is -1.71.